The highest BCUT2D eigenvalue weighted by Crippen LogP contribution is 2.54. The summed E-state index contributed by atoms with van der Waals surface area (Å²) in [5.41, 5.74) is 0. The lowest BCUT2D eigenvalue weighted by Gasteiger charge is -2.35. The van der Waals surface area contributed by atoms with Gasteiger partial charge in [0, 0.05) is 12.1 Å². The zero-order chi connectivity index (χ0) is 13.5. The predicted octanol–water partition coefficient (Wildman–Crippen LogP) is 4.07. The van der Waals surface area contributed by atoms with Gasteiger partial charge in [-0.3, -0.25) is 9.05 Å². The van der Waals surface area contributed by atoms with Gasteiger partial charge in [0.2, 0.25) is 0 Å². The SMILES string of the molecule is CCCOP(=O)(OCCC)N(C(C)C)C(C)C. The van der Waals surface area contributed by atoms with E-state index in [1.807, 2.05) is 46.2 Å². The smallest absolute Gasteiger partial charge is 0.297 e. The maximum atomic E-state index is 12.8. The molecule has 0 amide bonds. The van der Waals surface area contributed by atoms with Crippen molar-refractivity contribution in [3.8, 4) is 0 Å². The molecule has 0 saturated carbocycles. The highest BCUT2D eigenvalue weighted by Gasteiger charge is 2.37. The zero-order valence-electron chi connectivity index (χ0n) is 12.1. The Hall–Kier alpha value is 0.110. The molecule has 0 spiro atoms. The first-order valence-electron chi connectivity index (χ1n) is 6.57. The van der Waals surface area contributed by atoms with Gasteiger partial charge >= 0.3 is 7.75 Å². The van der Waals surface area contributed by atoms with E-state index in [0.717, 1.165) is 12.8 Å². The van der Waals surface area contributed by atoms with Crippen molar-refractivity contribution in [3.05, 3.63) is 0 Å². The molecule has 0 aliphatic rings. The molecule has 5 heteroatoms. The summed E-state index contributed by atoms with van der Waals surface area (Å²) in [5, 5.41) is 0. The Morgan fingerprint density at radius 1 is 0.941 bits per heavy atom. The maximum absolute atomic E-state index is 12.8. The molecule has 0 aliphatic carbocycles. The van der Waals surface area contributed by atoms with Crippen LogP contribution in [0.1, 0.15) is 54.4 Å². The summed E-state index contributed by atoms with van der Waals surface area (Å²) in [6, 6.07) is 0.268. The monoisotopic (exact) mass is 265 g/mol. The lowest BCUT2D eigenvalue weighted by Crippen LogP contribution is -2.35. The van der Waals surface area contributed by atoms with E-state index in [1.165, 1.54) is 0 Å². The lowest BCUT2D eigenvalue weighted by atomic mass is 10.3. The summed E-state index contributed by atoms with van der Waals surface area (Å²) in [4.78, 5) is 0. The van der Waals surface area contributed by atoms with Crippen molar-refractivity contribution in [2.75, 3.05) is 13.2 Å². The molecule has 0 aliphatic heterocycles. The second-order valence-corrected chi connectivity index (χ2v) is 6.62. The predicted molar refractivity (Wildman–Crippen MR) is 72.2 cm³/mol. The van der Waals surface area contributed by atoms with Crippen molar-refractivity contribution >= 4 is 7.75 Å². The van der Waals surface area contributed by atoms with Gasteiger partial charge in [0.05, 0.1) is 13.2 Å². The molecule has 0 rings (SSSR count). The van der Waals surface area contributed by atoms with Gasteiger partial charge in [0.25, 0.3) is 0 Å². The van der Waals surface area contributed by atoms with Crippen LogP contribution in [0.2, 0.25) is 0 Å². The van der Waals surface area contributed by atoms with Crippen LogP contribution in [-0.2, 0) is 13.6 Å². The molecule has 17 heavy (non-hydrogen) atoms. The molecule has 0 aromatic heterocycles. The molecular formula is C12H28NO3P. The Bertz CT molecular complexity index is 224. The van der Waals surface area contributed by atoms with Crippen molar-refractivity contribution in [3.63, 3.8) is 0 Å². The van der Waals surface area contributed by atoms with Crippen LogP contribution < -0.4 is 0 Å². The fourth-order valence-corrected chi connectivity index (χ4v) is 4.05. The molecule has 0 N–H and O–H groups in total. The Morgan fingerprint density at radius 2 is 1.29 bits per heavy atom. The van der Waals surface area contributed by atoms with Crippen LogP contribution >= 0.6 is 7.75 Å². The largest absolute Gasteiger partial charge is 0.408 e. The van der Waals surface area contributed by atoms with Crippen molar-refractivity contribution < 1.29 is 13.6 Å². The molecule has 104 valence electrons. The number of hydrogen-bond acceptors (Lipinski definition) is 3. The molecule has 0 aromatic carbocycles. The summed E-state index contributed by atoms with van der Waals surface area (Å²) in [6.07, 6.45) is 1.67. The van der Waals surface area contributed by atoms with Gasteiger partial charge in [-0.25, -0.2) is 9.24 Å². The van der Waals surface area contributed by atoms with E-state index in [-0.39, 0.29) is 12.1 Å². The van der Waals surface area contributed by atoms with Gasteiger partial charge in [0.15, 0.2) is 0 Å². The zero-order valence-corrected chi connectivity index (χ0v) is 13.0. The quantitative estimate of drug-likeness (QED) is 0.589. The Labute approximate surface area is 106 Å². The van der Waals surface area contributed by atoms with Crippen molar-refractivity contribution in [2.45, 2.75) is 66.5 Å². The number of hydrogen-bond donors (Lipinski definition) is 0. The highest BCUT2D eigenvalue weighted by atomic mass is 31.2. The third kappa shape index (κ3) is 5.52. The van der Waals surface area contributed by atoms with Crippen LogP contribution in [0.3, 0.4) is 0 Å². The van der Waals surface area contributed by atoms with Gasteiger partial charge < -0.3 is 0 Å². The molecule has 0 atom stereocenters. The molecule has 0 heterocycles. The number of rotatable bonds is 9. The van der Waals surface area contributed by atoms with E-state index in [0.29, 0.717) is 13.2 Å². The van der Waals surface area contributed by atoms with Gasteiger partial charge in [-0.2, -0.15) is 0 Å². The summed E-state index contributed by atoms with van der Waals surface area (Å²) >= 11 is 0. The second-order valence-electron chi connectivity index (χ2n) is 4.70. The van der Waals surface area contributed by atoms with Crippen LogP contribution in [-0.4, -0.2) is 30.0 Å². The van der Waals surface area contributed by atoms with Gasteiger partial charge in [-0.15, -0.1) is 0 Å². The molecular weight excluding hydrogens is 237 g/mol. The first kappa shape index (κ1) is 17.1. The lowest BCUT2D eigenvalue weighted by molar-refractivity contribution is 0.131. The normalized spacial score (nSPS) is 13.0. The standard InChI is InChI=1S/C12H28NO3P/c1-7-9-15-17(14,16-10-8-2)13(11(3)4)12(5)6/h11-12H,7-10H2,1-6H3. The molecule has 4 nitrogen and oxygen atoms in total. The van der Waals surface area contributed by atoms with Gasteiger partial charge in [-0.05, 0) is 40.5 Å². The maximum Gasteiger partial charge on any atom is 0.408 e. The minimum atomic E-state index is -3.14. The average molecular weight is 265 g/mol. The molecule has 0 unspecified atom stereocenters. The number of nitrogens with zero attached hydrogens (tertiary/aromatic N) is 1. The molecule has 0 saturated heterocycles. The van der Waals surface area contributed by atoms with Crippen molar-refractivity contribution in [1.82, 2.24) is 4.67 Å². The average Bonchev–Trinajstić information content (AvgIpc) is 2.22. The molecule has 0 bridgehead atoms. The van der Waals surface area contributed by atoms with E-state index >= 15 is 0 Å². The van der Waals surface area contributed by atoms with Crippen LogP contribution in [0.15, 0.2) is 0 Å². The Morgan fingerprint density at radius 3 is 1.53 bits per heavy atom. The third-order valence-corrected chi connectivity index (χ3v) is 4.77. The van der Waals surface area contributed by atoms with Crippen molar-refractivity contribution in [1.29, 1.82) is 0 Å². The summed E-state index contributed by atoms with van der Waals surface area (Å²) < 4.78 is 25.7. The van der Waals surface area contributed by atoms with Crippen LogP contribution in [0.5, 0.6) is 0 Å². The van der Waals surface area contributed by atoms with Gasteiger partial charge in [0.1, 0.15) is 0 Å². The van der Waals surface area contributed by atoms with Crippen LogP contribution in [0.25, 0.3) is 0 Å². The van der Waals surface area contributed by atoms with Crippen LogP contribution in [0, 0.1) is 0 Å². The summed E-state index contributed by atoms with van der Waals surface area (Å²) in [5.74, 6) is 0. The summed E-state index contributed by atoms with van der Waals surface area (Å²) in [6.45, 7) is 13.0. The van der Waals surface area contributed by atoms with Gasteiger partial charge in [-0.1, -0.05) is 13.8 Å². The molecule has 0 radical (unpaired) electrons. The first-order valence-corrected chi connectivity index (χ1v) is 8.06. The highest BCUT2D eigenvalue weighted by molar-refractivity contribution is 7.51. The van der Waals surface area contributed by atoms with E-state index in [4.69, 9.17) is 9.05 Å². The van der Waals surface area contributed by atoms with E-state index in [1.54, 1.807) is 0 Å². The topological polar surface area (TPSA) is 38.8 Å². The van der Waals surface area contributed by atoms with E-state index in [2.05, 4.69) is 0 Å². The third-order valence-electron chi connectivity index (χ3n) is 2.26. The van der Waals surface area contributed by atoms with E-state index < -0.39 is 7.75 Å². The minimum Gasteiger partial charge on any atom is -0.297 e. The minimum absolute atomic E-state index is 0.134. The first-order chi connectivity index (χ1) is 7.89. The fourth-order valence-electron chi connectivity index (χ4n) is 1.75. The van der Waals surface area contributed by atoms with Crippen LogP contribution in [0.4, 0.5) is 0 Å². The summed E-state index contributed by atoms with van der Waals surface area (Å²) in [7, 11) is -3.14. The molecule has 0 fully saturated rings. The van der Waals surface area contributed by atoms with Crippen molar-refractivity contribution in [2.24, 2.45) is 0 Å². The Kier molecular flexibility index (Phi) is 8.31. The fraction of sp³-hybridized carbons (Fsp3) is 1.00. The molecule has 0 aromatic rings. The Balaban J connectivity index is 4.89. The second kappa shape index (κ2) is 8.25. The van der Waals surface area contributed by atoms with E-state index in [9.17, 15) is 4.57 Å².